The van der Waals surface area contributed by atoms with Gasteiger partial charge < -0.3 is 10.2 Å². The summed E-state index contributed by atoms with van der Waals surface area (Å²) in [5, 5.41) is 2.89. The van der Waals surface area contributed by atoms with Crippen molar-refractivity contribution in [2.45, 2.75) is 34.2 Å². The second kappa shape index (κ2) is 7.97. The highest BCUT2D eigenvalue weighted by atomic mass is 16.2. The Morgan fingerprint density at radius 3 is 2.20 bits per heavy atom. The molecule has 4 nitrogen and oxygen atoms in total. The summed E-state index contributed by atoms with van der Waals surface area (Å²) in [5.74, 6) is -0.469. The molecule has 0 atom stereocenters. The normalized spacial score (nSPS) is 11.0. The molecule has 4 heteroatoms. The van der Waals surface area contributed by atoms with Crippen molar-refractivity contribution in [3.63, 3.8) is 0 Å². The third kappa shape index (κ3) is 4.47. The van der Waals surface area contributed by atoms with Crippen LogP contribution >= 0.6 is 0 Å². The van der Waals surface area contributed by atoms with Crippen LogP contribution in [0.5, 0.6) is 0 Å². The number of aryl methyl sites for hydroxylation is 1. The quantitative estimate of drug-likeness (QED) is 0.809. The van der Waals surface area contributed by atoms with Crippen molar-refractivity contribution in [1.82, 2.24) is 4.90 Å². The van der Waals surface area contributed by atoms with E-state index in [1.807, 2.05) is 68.4 Å². The van der Waals surface area contributed by atoms with Gasteiger partial charge in [0.2, 0.25) is 11.8 Å². The van der Waals surface area contributed by atoms with Gasteiger partial charge in [-0.3, -0.25) is 9.59 Å². The van der Waals surface area contributed by atoms with Crippen LogP contribution in [0.15, 0.2) is 54.6 Å². The number of amides is 2. The summed E-state index contributed by atoms with van der Waals surface area (Å²) in [6.45, 7) is 8.26. The minimum Gasteiger partial charge on any atom is -0.338 e. The van der Waals surface area contributed by atoms with E-state index in [-0.39, 0.29) is 11.8 Å². The van der Waals surface area contributed by atoms with Crippen LogP contribution in [0.4, 0.5) is 5.69 Å². The van der Waals surface area contributed by atoms with Gasteiger partial charge in [-0.25, -0.2) is 0 Å². The van der Waals surface area contributed by atoms with Gasteiger partial charge in [0.15, 0.2) is 0 Å². The first-order valence-electron chi connectivity index (χ1n) is 8.56. The number of rotatable bonds is 6. The summed E-state index contributed by atoms with van der Waals surface area (Å²) in [5.41, 5.74) is 1.61. The van der Waals surface area contributed by atoms with E-state index in [9.17, 15) is 9.59 Å². The molecule has 0 unspecified atom stereocenters. The van der Waals surface area contributed by atoms with Crippen molar-refractivity contribution < 1.29 is 9.59 Å². The van der Waals surface area contributed by atoms with Crippen LogP contribution in [0, 0.1) is 12.3 Å². The van der Waals surface area contributed by atoms with E-state index >= 15 is 0 Å². The number of carbonyl (C=O) groups excluding carboxylic acids is 2. The standard InChI is InChI=1S/C21H26N2O2/c1-5-23(15-17-12-7-6-8-13-17)20(25)21(3,4)19(24)22-18-14-10-9-11-16(18)2/h6-14H,5,15H2,1-4H3,(H,22,24). The van der Waals surface area contributed by atoms with E-state index in [0.29, 0.717) is 13.1 Å². The maximum Gasteiger partial charge on any atom is 0.239 e. The summed E-state index contributed by atoms with van der Waals surface area (Å²) >= 11 is 0. The monoisotopic (exact) mass is 338 g/mol. The Morgan fingerprint density at radius 2 is 1.60 bits per heavy atom. The Kier molecular flexibility index (Phi) is 5.97. The number of hydrogen-bond acceptors (Lipinski definition) is 2. The summed E-state index contributed by atoms with van der Waals surface area (Å²) in [6.07, 6.45) is 0. The molecule has 0 fully saturated rings. The second-order valence-corrected chi connectivity index (χ2v) is 6.70. The fourth-order valence-electron chi connectivity index (χ4n) is 2.62. The minimum absolute atomic E-state index is 0.176. The van der Waals surface area contributed by atoms with Gasteiger partial charge in [-0.1, -0.05) is 48.5 Å². The molecule has 2 aromatic rings. The van der Waals surface area contributed by atoms with E-state index in [4.69, 9.17) is 0 Å². The summed E-state index contributed by atoms with van der Waals surface area (Å²) in [7, 11) is 0. The van der Waals surface area contributed by atoms with Gasteiger partial charge in [-0.05, 0) is 44.9 Å². The van der Waals surface area contributed by atoms with Crippen molar-refractivity contribution in [1.29, 1.82) is 0 Å². The SMILES string of the molecule is CCN(Cc1ccccc1)C(=O)C(C)(C)C(=O)Nc1ccccc1C. The van der Waals surface area contributed by atoms with Crippen molar-refractivity contribution in [2.24, 2.45) is 5.41 Å². The maximum atomic E-state index is 13.0. The molecule has 2 rings (SSSR count). The third-order valence-corrected chi connectivity index (χ3v) is 4.38. The first kappa shape index (κ1) is 18.7. The lowest BCUT2D eigenvalue weighted by Crippen LogP contribution is -2.47. The first-order valence-corrected chi connectivity index (χ1v) is 8.56. The van der Waals surface area contributed by atoms with Crippen LogP contribution < -0.4 is 5.32 Å². The number of hydrogen-bond donors (Lipinski definition) is 1. The minimum atomic E-state index is -1.15. The van der Waals surface area contributed by atoms with E-state index in [1.54, 1.807) is 18.7 Å². The van der Waals surface area contributed by atoms with Gasteiger partial charge in [-0.15, -0.1) is 0 Å². The molecule has 0 heterocycles. The number of anilines is 1. The Morgan fingerprint density at radius 1 is 1.00 bits per heavy atom. The molecule has 0 aliphatic heterocycles. The second-order valence-electron chi connectivity index (χ2n) is 6.70. The van der Waals surface area contributed by atoms with Gasteiger partial charge in [0.25, 0.3) is 0 Å². The van der Waals surface area contributed by atoms with Gasteiger partial charge in [0, 0.05) is 18.8 Å². The summed E-state index contributed by atoms with van der Waals surface area (Å²) in [6, 6.07) is 17.4. The van der Waals surface area contributed by atoms with E-state index in [0.717, 1.165) is 16.8 Å². The zero-order chi connectivity index (χ0) is 18.4. The first-order chi connectivity index (χ1) is 11.9. The number of nitrogens with zero attached hydrogens (tertiary/aromatic N) is 1. The van der Waals surface area contributed by atoms with E-state index in [2.05, 4.69) is 5.32 Å². The molecule has 0 saturated carbocycles. The molecule has 0 bridgehead atoms. The predicted octanol–water partition coefficient (Wildman–Crippen LogP) is 4.01. The van der Waals surface area contributed by atoms with Gasteiger partial charge in [-0.2, -0.15) is 0 Å². The van der Waals surface area contributed by atoms with Crippen molar-refractivity contribution in [2.75, 3.05) is 11.9 Å². The topological polar surface area (TPSA) is 49.4 Å². The zero-order valence-electron chi connectivity index (χ0n) is 15.4. The maximum absolute atomic E-state index is 13.0. The lowest BCUT2D eigenvalue weighted by Gasteiger charge is -2.30. The largest absolute Gasteiger partial charge is 0.338 e. The van der Waals surface area contributed by atoms with Crippen molar-refractivity contribution >= 4 is 17.5 Å². The smallest absolute Gasteiger partial charge is 0.239 e. The van der Waals surface area contributed by atoms with Crippen LogP contribution in [0.25, 0.3) is 0 Å². The lowest BCUT2D eigenvalue weighted by molar-refractivity contribution is -0.146. The molecule has 0 spiro atoms. The molecule has 0 saturated heterocycles. The molecule has 1 N–H and O–H groups in total. The molecule has 132 valence electrons. The fourth-order valence-corrected chi connectivity index (χ4v) is 2.62. The third-order valence-electron chi connectivity index (χ3n) is 4.38. The van der Waals surface area contributed by atoms with E-state index in [1.165, 1.54) is 0 Å². The zero-order valence-corrected chi connectivity index (χ0v) is 15.4. The van der Waals surface area contributed by atoms with Crippen LogP contribution in [0.3, 0.4) is 0 Å². The van der Waals surface area contributed by atoms with Crippen LogP contribution in [0.2, 0.25) is 0 Å². The number of carbonyl (C=O) groups is 2. The lowest BCUT2D eigenvalue weighted by atomic mass is 9.89. The average Bonchev–Trinajstić information content (AvgIpc) is 2.61. The number of nitrogens with one attached hydrogen (secondary N) is 1. The van der Waals surface area contributed by atoms with Crippen LogP contribution in [-0.4, -0.2) is 23.3 Å². The van der Waals surface area contributed by atoms with E-state index < -0.39 is 5.41 Å². The Labute approximate surface area is 149 Å². The molecular weight excluding hydrogens is 312 g/mol. The van der Waals surface area contributed by atoms with Crippen LogP contribution in [0.1, 0.15) is 31.9 Å². The van der Waals surface area contributed by atoms with Crippen LogP contribution in [-0.2, 0) is 16.1 Å². The van der Waals surface area contributed by atoms with Gasteiger partial charge in [0.05, 0.1) is 0 Å². The molecule has 0 aliphatic carbocycles. The van der Waals surface area contributed by atoms with Crippen molar-refractivity contribution in [3.05, 3.63) is 65.7 Å². The highest BCUT2D eigenvalue weighted by Gasteiger charge is 2.39. The Balaban J connectivity index is 2.14. The molecule has 0 radical (unpaired) electrons. The molecule has 0 aromatic heterocycles. The van der Waals surface area contributed by atoms with Gasteiger partial charge in [0.1, 0.15) is 5.41 Å². The average molecular weight is 338 g/mol. The molecule has 25 heavy (non-hydrogen) atoms. The van der Waals surface area contributed by atoms with Gasteiger partial charge >= 0.3 is 0 Å². The molecule has 0 aliphatic rings. The highest BCUT2D eigenvalue weighted by Crippen LogP contribution is 2.24. The fraction of sp³-hybridized carbons (Fsp3) is 0.333. The number of para-hydroxylation sites is 1. The molecule has 2 amide bonds. The highest BCUT2D eigenvalue weighted by molar-refractivity contribution is 6.10. The molecular formula is C21H26N2O2. The predicted molar refractivity (Wildman–Crippen MR) is 101 cm³/mol. The molecule has 2 aromatic carbocycles. The Hall–Kier alpha value is -2.62. The number of benzene rings is 2. The van der Waals surface area contributed by atoms with Crippen molar-refractivity contribution in [3.8, 4) is 0 Å². The Bertz CT molecular complexity index is 739. The summed E-state index contributed by atoms with van der Waals surface area (Å²) < 4.78 is 0. The summed E-state index contributed by atoms with van der Waals surface area (Å²) in [4.78, 5) is 27.4.